The van der Waals surface area contributed by atoms with Crippen LogP contribution in [0.4, 0.5) is 0 Å². The van der Waals surface area contributed by atoms with Gasteiger partial charge in [-0.1, -0.05) is 64.5 Å². The molecule has 2 aromatic carbocycles. The van der Waals surface area contributed by atoms with Crippen LogP contribution in [0.5, 0.6) is 0 Å². The number of thiocarbonyl (C=S) groups is 1. The predicted molar refractivity (Wildman–Crippen MR) is 96.1 cm³/mol. The van der Waals surface area contributed by atoms with Crippen molar-refractivity contribution in [2.24, 2.45) is 10.8 Å². The molecule has 0 aromatic heterocycles. The average Bonchev–Trinajstić information content (AvgIpc) is 2.50. The van der Waals surface area contributed by atoms with Crippen molar-refractivity contribution in [3.05, 3.63) is 76.3 Å². The molecule has 0 saturated heterocycles. The highest BCUT2D eigenvalue weighted by atomic mass is 79.9. The van der Waals surface area contributed by atoms with Gasteiger partial charge in [0.1, 0.15) is 0 Å². The third-order valence-corrected chi connectivity index (χ3v) is 3.28. The molecule has 0 saturated carbocycles. The van der Waals surface area contributed by atoms with Crippen LogP contribution in [0.25, 0.3) is 6.08 Å². The summed E-state index contributed by atoms with van der Waals surface area (Å²) in [5, 5.41) is 4.37. The molecule has 0 unspecified atom stereocenters. The number of nitrogens with zero attached hydrogens (tertiary/aromatic N) is 1. The van der Waals surface area contributed by atoms with Crippen molar-refractivity contribution >= 4 is 45.0 Å². The van der Waals surface area contributed by atoms with Crippen LogP contribution in [-0.2, 0) is 0 Å². The van der Waals surface area contributed by atoms with Gasteiger partial charge in [0, 0.05) is 10.0 Å². The number of hydrogen-bond acceptors (Lipinski definition) is 2. The van der Waals surface area contributed by atoms with E-state index in [9.17, 15) is 0 Å². The molecule has 106 valence electrons. The number of benzene rings is 2. The molecule has 3 N–H and O–H groups in total. The summed E-state index contributed by atoms with van der Waals surface area (Å²) in [4.78, 5) is 0. The Labute approximate surface area is 137 Å². The first-order valence-corrected chi connectivity index (χ1v) is 7.47. The van der Waals surface area contributed by atoms with Crippen LogP contribution in [0, 0.1) is 0 Å². The minimum absolute atomic E-state index is 0.139. The molecule has 5 heteroatoms. The highest BCUT2D eigenvalue weighted by Crippen LogP contribution is 2.12. The zero-order valence-electron chi connectivity index (χ0n) is 11.2. The first kappa shape index (κ1) is 15.4. The van der Waals surface area contributed by atoms with E-state index in [2.05, 4.69) is 26.5 Å². The van der Waals surface area contributed by atoms with Crippen molar-refractivity contribution in [3.63, 3.8) is 0 Å². The molecule has 0 atom stereocenters. The van der Waals surface area contributed by atoms with Gasteiger partial charge >= 0.3 is 0 Å². The van der Waals surface area contributed by atoms with E-state index in [0.29, 0.717) is 0 Å². The molecule has 0 heterocycles. The zero-order chi connectivity index (χ0) is 15.1. The predicted octanol–water partition coefficient (Wildman–Crippen LogP) is 3.70. The molecule has 21 heavy (non-hydrogen) atoms. The molecule has 0 fully saturated rings. The van der Waals surface area contributed by atoms with E-state index in [0.717, 1.165) is 21.3 Å². The number of hydrogen-bond donors (Lipinski definition) is 2. The quantitative estimate of drug-likeness (QED) is 0.497. The molecule has 0 aliphatic rings. The van der Waals surface area contributed by atoms with Crippen molar-refractivity contribution in [3.8, 4) is 0 Å². The molecule has 0 radical (unpaired) electrons. The van der Waals surface area contributed by atoms with E-state index in [1.807, 2.05) is 66.7 Å². The lowest BCUT2D eigenvalue weighted by Crippen LogP contribution is -2.25. The van der Waals surface area contributed by atoms with Crippen LogP contribution in [-0.4, -0.2) is 10.8 Å². The summed E-state index contributed by atoms with van der Waals surface area (Å²) in [6.45, 7) is 0. The van der Waals surface area contributed by atoms with Crippen molar-refractivity contribution in [1.29, 1.82) is 0 Å². The maximum Gasteiger partial charge on any atom is 0.184 e. The van der Waals surface area contributed by atoms with Gasteiger partial charge in [0.25, 0.3) is 0 Å². The minimum Gasteiger partial charge on any atom is -0.375 e. The van der Waals surface area contributed by atoms with Crippen LogP contribution in [0.15, 0.2) is 70.2 Å². The van der Waals surface area contributed by atoms with Crippen LogP contribution < -0.4 is 11.2 Å². The Morgan fingerprint density at radius 1 is 1.10 bits per heavy atom. The van der Waals surface area contributed by atoms with Gasteiger partial charge in [-0.15, -0.1) is 0 Å². The summed E-state index contributed by atoms with van der Waals surface area (Å²) in [5.74, 6) is 0. The lowest BCUT2D eigenvalue weighted by molar-refractivity contribution is 1.03. The lowest BCUT2D eigenvalue weighted by atomic mass is 10.1. The molecule has 0 aliphatic heterocycles. The number of nitrogens with one attached hydrogen (secondary N) is 1. The number of hydrazone groups is 1. The van der Waals surface area contributed by atoms with Gasteiger partial charge in [-0.3, -0.25) is 5.43 Å². The Balaban J connectivity index is 2.26. The van der Waals surface area contributed by atoms with Crippen molar-refractivity contribution < 1.29 is 0 Å². The summed E-state index contributed by atoms with van der Waals surface area (Å²) < 4.78 is 1.05. The van der Waals surface area contributed by atoms with Gasteiger partial charge in [-0.05, 0) is 36.0 Å². The van der Waals surface area contributed by atoms with Crippen molar-refractivity contribution in [2.45, 2.75) is 0 Å². The summed E-state index contributed by atoms with van der Waals surface area (Å²) >= 11 is 8.20. The Kier molecular flexibility index (Phi) is 5.66. The van der Waals surface area contributed by atoms with Crippen LogP contribution in [0.2, 0.25) is 0 Å². The molecular weight excluding hydrogens is 346 g/mol. The van der Waals surface area contributed by atoms with E-state index in [4.69, 9.17) is 18.0 Å². The van der Waals surface area contributed by atoms with E-state index in [1.54, 1.807) is 0 Å². The second kappa shape index (κ2) is 7.71. The number of allylic oxidation sites excluding steroid dienone is 1. The van der Waals surface area contributed by atoms with Gasteiger partial charge in [0.2, 0.25) is 0 Å². The van der Waals surface area contributed by atoms with Gasteiger partial charge < -0.3 is 5.73 Å². The molecule has 2 aromatic rings. The number of nitrogens with two attached hydrogens (primary N) is 1. The molecule has 0 bridgehead atoms. The average molecular weight is 360 g/mol. The maximum atomic E-state index is 5.43. The van der Waals surface area contributed by atoms with Crippen LogP contribution in [0.3, 0.4) is 0 Å². The van der Waals surface area contributed by atoms with Gasteiger partial charge in [0.15, 0.2) is 5.11 Å². The minimum atomic E-state index is 0.139. The second-order valence-electron chi connectivity index (χ2n) is 4.22. The third kappa shape index (κ3) is 5.13. The van der Waals surface area contributed by atoms with E-state index < -0.39 is 0 Å². The fourth-order valence-electron chi connectivity index (χ4n) is 1.67. The van der Waals surface area contributed by atoms with E-state index >= 15 is 0 Å². The Bertz CT molecular complexity index is 664. The summed E-state index contributed by atoms with van der Waals surface area (Å²) in [5.41, 5.74) is 10.9. The molecule has 3 nitrogen and oxygen atoms in total. The fourth-order valence-corrected chi connectivity index (χ4v) is 1.98. The fraction of sp³-hybridized carbons (Fsp3) is 0. The largest absolute Gasteiger partial charge is 0.375 e. The summed E-state index contributed by atoms with van der Waals surface area (Å²) in [7, 11) is 0. The highest BCUT2D eigenvalue weighted by Gasteiger charge is 1.99. The van der Waals surface area contributed by atoms with Crippen LogP contribution in [0.1, 0.15) is 11.1 Å². The number of halogens is 1. The Hall–Kier alpha value is -1.98. The van der Waals surface area contributed by atoms with Crippen molar-refractivity contribution in [1.82, 2.24) is 5.43 Å². The molecule has 0 aliphatic carbocycles. The SMILES string of the molecule is NC(=S)N/N=C(\C=C\c1ccc(Br)cc1)c1ccccc1. The van der Waals surface area contributed by atoms with E-state index in [1.165, 1.54) is 0 Å². The first-order chi connectivity index (χ1) is 10.1. The standard InChI is InChI=1S/C16H14BrN3S/c17-14-9-6-12(7-10-14)8-11-15(19-20-16(18)21)13-4-2-1-3-5-13/h1-11H,(H3,18,20,21)/b11-8+,19-15+. The van der Waals surface area contributed by atoms with Gasteiger partial charge in [-0.2, -0.15) is 5.10 Å². The van der Waals surface area contributed by atoms with Crippen molar-refractivity contribution in [2.75, 3.05) is 0 Å². The third-order valence-electron chi connectivity index (χ3n) is 2.66. The Morgan fingerprint density at radius 2 is 1.76 bits per heavy atom. The second-order valence-corrected chi connectivity index (χ2v) is 5.58. The smallest absolute Gasteiger partial charge is 0.184 e. The maximum absolute atomic E-state index is 5.43. The van der Waals surface area contributed by atoms with Gasteiger partial charge in [0.05, 0.1) is 5.71 Å². The molecule has 0 amide bonds. The zero-order valence-corrected chi connectivity index (χ0v) is 13.6. The molecular formula is C16H14BrN3S. The highest BCUT2D eigenvalue weighted by molar-refractivity contribution is 9.10. The lowest BCUT2D eigenvalue weighted by Gasteiger charge is -2.03. The first-order valence-electron chi connectivity index (χ1n) is 6.27. The van der Waals surface area contributed by atoms with E-state index in [-0.39, 0.29) is 5.11 Å². The normalized spacial score (nSPS) is 11.6. The Morgan fingerprint density at radius 3 is 2.38 bits per heavy atom. The molecule has 0 spiro atoms. The summed E-state index contributed by atoms with van der Waals surface area (Å²) in [6, 6.07) is 17.9. The van der Waals surface area contributed by atoms with Crippen LogP contribution >= 0.6 is 28.1 Å². The monoisotopic (exact) mass is 359 g/mol. The van der Waals surface area contributed by atoms with Gasteiger partial charge in [-0.25, -0.2) is 0 Å². The topological polar surface area (TPSA) is 50.4 Å². The molecule has 2 rings (SSSR count). The number of rotatable bonds is 4. The summed E-state index contributed by atoms with van der Waals surface area (Å²) in [6.07, 6.45) is 3.91.